The lowest BCUT2D eigenvalue weighted by atomic mass is 10.1. The summed E-state index contributed by atoms with van der Waals surface area (Å²) in [6, 6.07) is 7.87. The zero-order valence-corrected chi connectivity index (χ0v) is 11.4. The summed E-state index contributed by atoms with van der Waals surface area (Å²) in [6.07, 6.45) is 2.69. The smallest absolute Gasteiger partial charge is 0.243 e. The van der Waals surface area contributed by atoms with Crippen LogP contribution in [0.15, 0.2) is 29.2 Å². The Morgan fingerprint density at radius 2 is 2.00 bits per heavy atom. The number of nitrogens with two attached hydrogens (primary N) is 1. The molecule has 0 aromatic heterocycles. The fourth-order valence-electron chi connectivity index (χ4n) is 2.36. The lowest BCUT2D eigenvalue weighted by Gasteiger charge is -2.33. The van der Waals surface area contributed by atoms with Gasteiger partial charge in [0, 0.05) is 19.1 Å². The normalized spacial score (nSPS) is 20.9. The molecule has 1 heterocycles. The molecular formula is C13H17N3O2S. The van der Waals surface area contributed by atoms with E-state index in [9.17, 15) is 8.42 Å². The largest absolute Gasteiger partial charge is 0.329 e. The molecule has 0 aliphatic carbocycles. The van der Waals surface area contributed by atoms with Crippen molar-refractivity contribution in [2.24, 2.45) is 5.73 Å². The fourth-order valence-corrected chi connectivity index (χ4v) is 4.07. The Hall–Kier alpha value is -1.42. The van der Waals surface area contributed by atoms with Crippen molar-refractivity contribution in [1.82, 2.24) is 4.31 Å². The van der Waals surface area contributed by atoms with Gasteiger partial charge >= 0.3 is 0 Å². The van der Waals surface area contributed by atoms with Crippen molar-refractivity contribution < 1.29 is 8.42 Å². The molecular weight excluding hydrogens is 262 g/mol. The molecule has 0 spiro atoms. The Morgan fingerprint density at radius 1 is 1.32 bits per heavy atom. The molecule has 1 aromatic carbocycles. The van der Waals surface area contributed by atoms with E-state index in [2.05, 4.69) is 0 Å². The molecule has 1 fully saturated rings. The van der Waals surface area contributed by atoms with Crippen LogP contribution in [-0.2, 0) is 10.0 Å². The van der Waals surface area contributed by atoms with Crippen LogP contribution < -0.4 is 5.73 Å². The van der Waals surface area contributed by atoms with E-state index < -0.39 is 10.0 Å². The van der Waals surface area contributed by atoms with Gasteiger partial charge in [0.05, 0.1) is 16.5 Å². The highest BCUT2D eigenvalue weighted by molar-refractivity contribution is 7.89. The topological polar surface area (TPSA) is 87.2 Å². The van der Waals surface area contributed by atoms with Crippen LogP contribution in [0.25, 0.3) is 0 Å². The fraction of sp³-hybridized carbons (Fsp3) is 0.462. The first-order chi connectivity index (χ1) is 9.09. The first-order valence-electron chi connectivity index (χ1n) is 6.31. The standard InChI is InChI=1S/C13H17N3O2S/c14-9-11-4-6-13(7-5-11)19(17,18)16-8-2-1-3-12(16)10-15/h4-7,12H,1-3,8,10,15H2/t12-/m0/s1. The summed E-state index contributed by atoms with van der Waals surface area (Å²) < 4.78 is 26.6. The Balaban J connectivity index is 2.32. The number of rotatable bonds is 3. The summed E-state index contributed by atoms with van der Waals surface area (Å²) in [7, 11) is -3.50. The average molecular weight is 279 g/mol. The quantitative estimate of drug-likeness (QED) is 0.896. The van der Waals surface area contributed by atoms with Crippen LogP contribution >= 0.6 is 0 Å². The third-order valence-corrected chi connectivity index (χ3v) is 5.40. The lowest BCUT2D eigenvalue weighted by Crippen LogP contribution is -2.47. The van der Waals surface area contributed by atoms with Gasteiger partial charge in [-0.1, -0.05) is 6.42 Å². The zero-order chi connectivity index (χ0) is 13.9. The van der Waals surface area contributed by atoms with Crippen molar-refractivity contribution in [2.75, 3.05) is 13.1 Å². The van der Waals surface area contributed by atoms with Crippen LogP contribution in [0.3, 0.4) is 0 Å². The van der Waals surface area contributed by atoms with E-state index in [0.29, 0.717) is 18.7 Å². The van der Waals surface area contributed by atoms with E-state index >= 15 is 0 Å². The second kappa shape index (κ2) is 5.70. The monoisotopic (exact) mass is 279 g/mol. The van der Waals surface area contributed by atoms with E-state index in [1.165, 1.54) is 28.6 Å². The van der Waals surface area contributed by atoms with Gasteiger partial charge in [0.2, 0.25) is 10.0 Å². The summed E-state index contributed by atoms with van der Waals surface area (Å²) in [4.78, 5) is 0.229. The number of hydrogen-bond donors (Lipinski definition) is 1. The van der Waals surface area contributed by atoms with E-state index in [1.54, 1.807) is 0 Å². The summed E-state index contributed by atoms with van der Waals surface area (Å²) in [6.45, 7) is 0.861. The van der Waals surface area contributed by atoms with Crippen molar-refractivity contribution in [1.29, 1.82) is 5.26 Å². The van der Waals surface area contributed by atoms with Gasteiger partial charge in [0.1, 0.15) is 0 Å². The van der Waals surface area contributed by atoms with E-state index in [0.717, 1.165) is 19.3 Å². The first-order valence-corrected chi connectivity index (χ1v) is 7.75. The van der Waals surface area contributed by atoms with Gasteiger partial charge < -0.3 is 5.73 Å². The molecule has 0 bridgehead atoms. The maximum absolute atomic E-state index is 12.5. The molecule has 0 radical (unpaired) electrons. The minimum absolute atomic E-state index is 0.116. The van der Waals surface area contributed by atoms with Crippen LogP contribution in [0.1, 0.15) is 24.8 Å². The highest BCUT2D eigenvalue weighted by atomic mass is 32.2. The van der Waals surface area contributed by atoms with E-state index in [-0.39, 0.29) is 10.9 Å². The number of nitrogens with zero attached hydrogens (tertiary/aromatic N) is 2. The Labute approximate surface area is 113 Å². The van der Waals surface area contributed by atoms with Crippen LogP contribution in [0, 0.1) is 11.3 Å². The van der Waals surface area contributed by atoms with Crippen LogP contribution in [0.2, 0.25) is 0 Å². The highest BCUT2D eigenvalue weighted by Gasteiger charge is 2.32. The maximum Gasteiger partial charge on any atom is 0.243 e. The first kappa shape index (κ1) is 14.0. The summed E-state index contributed by atoms with van der Waals surface area (Å²) in [5, 5.41) is 8.73. The van der Waals surface area contributed by atoms with Gasteiger partial charge in [0.25, 0.3) is 0 Å². The number of benzene rings is 1. The summed E-state index contributed by atoms with van der Waals surface area (Å²) >= 11 is 0. The molecule has 1 aliphatic rings. The second-order valence-corrected chi connectivity index (χ2v) is 6.53. The molecule has 19 heavy (non-hydrogen) atoms. The Morgan fingerprint density at radius 3 is 2.58 bits per heavy atom. The van der Waals surface area contributed by atoms with E-state index in [1.807, 2.05) is 6.07 Å². The number of hydrogen-bond acceptors (Lipinski definition) is 4. The molecule has 2 rings (SSSR count). The molecule has 0 saturated carbocycles. The Kier molecular flexibility index (Phi) is 4.20. The molecule has 1 atom stereocenters. The van der Waals surface area contributed by atoms with Crippen LogP contribution in [0.4, 0.5) is 0 Å². The highest BCUT2D eigenvalue weighted by Crippen LogP contribution is 2.24. The van der Waals surface area contributed by atoms with Crippen molar-refractivity contribution in [3.8, 4) is 6.07 Å². The molecule has 5 nitrogen and oxygen atoms in total. The second-order valence-electron chi connectivity index (χ2n) is 4.64. The minimum Gasteiger partial charge on any atom is -0.329 e. The Bertz CT molecular complexity index is 575. The predicted molar refractivity (Wildman–Crippen MR) is 71.7 cm³/mol. The third-order valence-electron chi connectivity index (χ3n) is 3.44. The van der Waals surface area contributed by atoms with Gasteiger partial charge in [-0.05, 0) is 37.1 Å². The van der Waals surface area contributed by atoms with Gasteiger partial charge in [-0.25, -0.2) is 8.42 Å². The van der Waals surface area contributed by atoms with Gasteiger partial charge in [0.15, 0.2) is 0 Å². The zero-order valence-electron chi connectivity index (χ0n) is 10.6. The number of nitriles is 1. The molecule has 0 unspecified atom stereocenters. The third kappa shape index (κ3) is 2.78. The summed E-state index contributed by atoms with van der Waals surface area (Å²) in [5.41, 5.74) is 6.12. The molecule has 1 aromatic rings. The number of sulfonamides is 1. The van der Waals surface area contributed by atoms with E-state index in [4.69, 9.17) is 11.0 Å². The van der Waals surface area contributed by atoms with Gasteiger partial charge in [-0.3, -0.25) is 0 Å². The molecule has 1 saturated heterocycles. The maximum atomic E-state index is 12.5. The van der Waals surface area contributed by atoms with Crippen molar-refractivity contribution in [3.05, 3.63) is 29.8 Å². The minimum atomic E-state index is -3.50. The van der Waals surface area contributed by atoms with Crippen molar-refractivity contribution in [2.45, 2.75) is 30.2 Å². The molecule has 102 valence electrons. The van der Waals surface area contributed by atoms with Crippen molar-refractivity contribution >= 4 is 10.0 Å². The average Bonchev–Trinajstić information content (AvgIpc) is 2.47. The van der Waals surface area contributed by atoms with Gasteiger partial charge in [-0.15, -0.1) is 0 Å². The van der Waals surface area contributed by atoms with Crippen LogP contribution in [0.5, 0.6) is 0 Å². The lowest BCUT2D eigenvalue weighted by molar-refractivity contribution is 0.257. The predicted octanol–water partition coefficient (Wildman–Crippen LogP) is 1.06. The molecule has 1 aliphatic heterocycles. The van der Waals surface area contributed by atoms with Crippen LogP contribution in [-0.4, -0.2) is 31.9 Å². The van der Waals surface area contributed by atoms with Crippen molar-refractivity contribution in [3.63, 3.8) is 0 Å². The number of piperidine rings is 1. The SMILES string of the molecule is N#Cc1ccc(S(=O)(=O)N2CCCC[C@H]2CN)cc1. The molecule has 0 amide bonds. The van der Waals surface area contributed by atoms with Gasteiger partial charge in [-0.2, -0.15) is 9.57 Å². The summed E-state index contributed by atoms with van der Waals surface area (Å²) in [5.74, 6) is 0. The molecule has 6 heteroatoms. The molecule has 2 N–H and O–H groups in total.